The molecular weight excluding hydrogens is 220 g/mol. The minimum absolute atomic E-state index is 0.0284. The number of carbonyl (C=O) groups is 1. The summed E-state index contributed by atoms with van der Waals surface area (Å²) in [6, 6.07) is 3.03. The monoisotopic (exact) mass is 234 g/mol. The van der Waals surface area contributed by atoms with Gasteiger partial charge in [-0.3, -0.25) is 4.40 Å². The van der Waals surface area contributed by atoms with Crippen LogP contribution in [0.5, 0.6) is 5.75 Å². The van der Waals surface area contributed by atoms with Crippen LogP contribution in [0.2, 0.25) is 0 Å². The van der Waals surface area contributed by atoms with Crippen LogP contribution in [0.4, 0.5) is 0 Å². The molecule has 2 aromatic heterocycles. The average Bonchev–Trinajstić information content (AvgIpc) is 2.56. The molecule has 2 rings (SSSR count). The second kappa shape index (κ2) is 4.08. The van der Waals surface area contributed by atoms with E-state index < -0.39 is 5.97 Å². The van der Waals surface area contributed by atoms with Crippen molar-refractivity contribution in [2.75, 3.05) is 0 Å². The van der Waals surface area contributed by atoms with Gasteiger partial charge in [-0.25, -0.2) is 9.78 Å². The van der Waals surface area contributed by atoms with Crippen LogP contribution in [-0.4, -0.2) is 25.6 Å². The maximum absolute atomic E-state index is 11.1. The number of fused-ring (bicyclic) bond motifs is 1. The molecule has 0 amide bonds. The van der Waals surface area contributed by atoms with E-state index in [-0.39, 0.29) is 11.4 Å². The fourth-order valence-corrected chi connectivity index (χ4v) is 1.80. The molecule has 2 N–H and O–H groups in total. The highest BCUT2D eigenvalue weighted by Gasteiger charge is 2.17. The summed E-state index contributed by atoms with van der Waals surface area (Å²) < 4.78 is 1.64. The van der Waals surface area contributed by atoms with Gasteiger partial charge in [0.1, 0.15) is 11.6 Å². The molecule has 0 saturated carbocycles. The Morgan fingerprint density at radius 1 is 1.47 bits per heavy atom. The van der Waals surface area contributed by atoms with Gasteiger partial charge in [-0.15, -0.1) is 0 Å². The summed E-state index contributed by atoms with van der Waals surface area (Å²) in [6.45, 7) is 4.06. The van der Waals surface area contributed by atoms with Gasteiger partial charge in [-0.05, 0) is 18.1 Å². The number of hydrogen-bond acceptors (Lipinski definition) is 3. The van der Waals surface area contributed by atoms with E-state index in [4.69, 9.17) is 5.11 Å². The summed E-state index contributed by atoms with van der Waals surface area (Å²) in [5, 5.41) is 18.5. The van der Waals surface area contributed by atoms with Crippen LogP contribution in [0.1, 0.15) is 30.2 Å². The van der Waals surface area contributed by atoms with E-state index in [1.165, 1.54) is 12.3 Å². The van der Waals surface area contributed by atoms with Crippen LogP contribution >= 0.6 is 0 Å². The smallest absolute Gasteiger partial charge is 0.356 e. The number of aromatic carboxylic acids is 1. The Balaban J connectivity index is 2.66. The van der Waals surface area contributed by atoms with Gasteiger partial charge in [0, 0.05) is 6.42 Å². The maximum Gasteiger partial charge on any atom is 0.356 e. The third-order valence-electron chi connectivity index (χ3n) is 2.49. The van der Waals surface area contributed by atoms with Crippen molar-refractivity contribution in [2.45, 2.75) is 20.3 Å². The number of imidazole rings is 1. The van der Waals surface area contributed by atoms with Crippen molar-refractivity contribution in [3.8, 4) is 5.75 Å². The molecule has 0 aliphatic heterocycles. The van der Waals surface area contributed by atoms with Crippen LogP contribution < -0.4 is 0 Å². The summed E-state index contributed by atoms with van der Waals surface area (Å²) in [6.07, 6.45) is 2.16. The van der Waals surface area contributed by atoms with Crippen LogP contribution in [0.25, 0.3) is 5.52 Å². The quantitative estimate of drug-likeness (QED) is 0.851. The number of carboxylic acid groups (broad SMARTS) is 1. The third-order valence-corrected chi connectivity index (χ3v) is 2.49. The van der Waals surface area contributed by atoms with E-state index >= 15 is 0 Å². The summed E-state index contributed by atoms with van der Waals surface area (Å²) >= 11 is 0. The van der Waals surface area contributed by atoms with Crippen molar-refractivity contribution in [1.82, 2.24) is 9.38 Å². The lowest BCUT2D eigenvalue weighted by atomic mass is 10.1. The Bertz CT molecular complexity index is 572. The van der Waals surface area contributed by atoms with Crippen molar-refractivity contribution in [3.05, 3.63) is 29.8 Å². The van der Waals surface area contributed by atoms with Gasteiger partial charge in [-0.1, -0.05) is 13.8 Å². The molecular formula is C12H14N2O3. The highest BCUT2D eigenvalue weighted by Crippen LogP contribution is 2.19. The van der Waals surface area contributed by atoms with Crippen LogP contribution in [-0.2, 0) is 6.42 Å². The van der Waals surface area contributed by atoms with Crippen molar-refractivity contribution >= 4 is 11.5 Å². The van der Waals surface area contributed by atoms with E-state index in [1.54, 1.807) is 10.5 Å². The number of aromatic hydroxyl groups is 1. The summed E-state index contributed by atoms with van der Waals surface area (Å²) in [5.74, 6) is 0.0629. The highest BCUT2D eigenvalue weighted by molar-refractivity contribution is 5.93. The first-order valence-electron chi connectivity index (χ1n) is 5.42. The van der Waals surface area contributed by atoms with Gasteiger partial charge < -0.3 is 10.2 Å². The second-order valence-corrected chi connectivity index (χ2v) is 4.42. The Labute approximate surface area is 98.3 Å². The van der Waals surface area contributed by atoms with Gasteiger partial charge in [0.25, 0.3) is 0 Å². The molecule has 2 heterocycles. The Morgan fingerprint density at radius 3 is 2.76 bits per heavy atom. The summed E-state index contributed by atoms with van der Waals surface area (Å²) in [4.78, 5) is 15.2. The van der Waals surface area contributed by atoms with E-state index in [9.17, 15) is 9.90 Å². The zero-order valence-electron chi connectivity index (χ0n) is 9.71. The molecule has 5 nitrogen and oxygen atoms in total. The minimum atomic E-state index is -1.05. The molecule has 5 heteroatoms. The van der Waals surface area contributed by atoms with Crippen molar-refractivity contribution < 1.29 is 15.0 Å². The molecule has 0 atom stereocenters. The Kier molecular flexibility index (Phi) is 2.75. The van der Waals surface area contributed by atoms with Crippen molar-refractivity contribution in [2.24, 2.45) is 5.92 Å². The Hall–Kier alpha value is -2.04. The van der Waals surface area contributed by atoms with Gasteiger partial charge in [0.2, 0.25) is 0 Å². The topological polar surface area (TPSA) is 74.8 Å². The maximum atomic E-state index is 11.1. The van der Waals surface area contributed by atoms with Crippen molar-refractivity contribution in [1.29, 1.82) is 0 Å². The van der Waals surface area contributed by atoms with Crippen LogP contribution in [0.15, 0.2) is 18.3 Å². The highest BCUT2D eigenvalue weighted by atomic mass is 16.4. The number of hydrogen-bond donors (Lipinski definition) is 2. The van der Waals surface area contributed by atoms with Gasteiger partial charge in [0.15, 0.2) is 5.69 Å². The largest absolute Gasteiger partial charge is 0.506 e. The second-order valence-electron chi connectivity index (χ2n) is 4.42. The van der Waals surface area contributed by atoms with E-state index in [2.05, 4.69) is 4.98 Å². The molecule has 0 unspecified atom stereocenters. The molecule has 0 saturated heterocycles. The predicted molar refractivity (Wildman–Crippen MR) is 62.4 cm³/mol. The normalized spacial score (nSPS) is 11.2. The van der Waals surface area contributed by atoms with Gasteiger partial charge >= 0.3 is 5.97 Å². The van der Waals surface area contributed by atoms with Gasteiger partial charge in [-0.2, -0.15) is 0 Å². The number of rotatable bonds is 3. The van der Waals surface area contributed by atoms with E-state index in [1.807, 2.05) is 13.8 Å². The standard InChI is InChI=1S/C12H14N2O3/c1-7(2)5-10-13-11(12(16)17)9-4-3-8(15)6-14(9)10/h3-4,6-7,15H,5H2,1-2H3,(H,16,17). The zero-order chi connectivity index (χ0) is 12.6. The number of nitrogens with zero attached hydrogens (tertiary/aromatic N) is 2. The molecule has 0 aromatic carbocycles. The molecule has 0 spiro atoms. The Morgan fingerprint density at radius 2 is 2.18 bits per heavy atom. The van der Waals surface area contributed by atoms with E-state index in [0.29, 0.717) is 23.7 Å². The third kappa shape index (κ3) is 2.08. The van der Waals surface area contributed by atoms with Crippen molar-refractivity contribution in [3.63, 3.8) is 0 Å². The lowest BCUT2D eigenvalue weighted by Gasteiger charge is -2.03. The molecule has 17 heavy (non-hydrogen) atoms. The van der Waals surface area contributed by atoms with E-state index in [0.717, 1.165) is 0 Å². The molecule has 0 fully saturated rings. The minimum Gasteiger partial charge on any atom is -0.506 e. The first-order chi connectivity index (χ1) is 7.99. The first kappa shape index (κ1) is 11.4. The molecule has 0 aliphatic rings. The number of carboxylic acids is 1. The molecule has 2 aromatic rings. The molecule has 0 radical (unpaired) electrons. The molecule has 0 aliphatic carbocycles. The lowest BCUT2D eigenvalue weighted by molar-refractivity contribution is 0.0693. The predicted octanol–water partition coefficient (Wildman–Crippen LogP) is 1.94. The molecule has 0 bridgehead atoms. The fraction of sp³-hybridized carbons (Fsp3) is 0.333. The summed E-state index contributed by atoms with van der Waals surface area (Å²) in [7, 11) is 0. The summed E-state index contributed by atoms with van der Waals surface area (Å²) in [5.41, 5.74) is 0.534. The van der Waals surface area contributed by atoms with Crippen LogP contribution in [0.3, 0.4) is 0 Å². The van der Waals surface area contributed by atoms with Crippen LogP contribution in [0, 0.1) is 5.92 Å². The molecule has 90 valence electrons. The number of aromatic nitrogens is 2. The SMILES string of the molecule is CC(C)Cc1nc(C(=O)O)c2ccc(O)cn12. The van der Waals surface area contributed by atoms with Gasteiger partial charge in [0.05, 0.1) is 11.7 Å². The lowest BCUT2D eigenvalue weighted by Crippen LogP contribution is -2.00. The fourth-order valence-electron chi connectivity index (χ4n) is 1.80. The zero-order valence-corrected chi connectivity index (χ0v) is 9.71. The number of pyridine rings is 1. The average molecular weight is 234 g/mol. The first-order valence-corrected chi connectivity index (χ1v) is 5.42.